The molecule has 0 aliphatic carbocycles. The molecule has 2 fully saturated rings. The van der Waals surface area contributed by atoms with Gasteiger partial charge in [0.1, 0.15) is 13.1 Å². The quantitative estimate of drug-likeness (QED) is 0.387. The fraction of sp³-hybridized carbons (Fsp3) is 0.381. The number of morpholine rings is 2. The maximum absolute atomic E-state index is 12.1. The maximum atomic E-state index is 12.1. The number of nitro groups is 2. The van der Waals surface area contributed by atoms with E-state index in [4.69, 9.17) is 21.7 Å². The molecule has 11 heteroatoms. The molecule has 2 aromatic rings. The first-order valence-electron chi connectivity index (χ1n) is 10.1. The highest BCUT2D eigenvalue weighted by atomic mass is 32.1. The van der Waals surface area contributed by atoms with Gasteiger partial charge in [0, 0.05) is 13.1 Å². The summed E-state index contributed by atoms with van der Waals surface area (Å²) in [5.74, 6) is 0. The Kier molecular flexibility index (Phi) is 6.04. The number of ether oxygens (including phenoxy) is 2. The Bertz CT molecular complexity index is 930. The molecule has 168 valence electrons. The van der Waals surface area contributed by atoms with E-state index >= 15 is 0 Å². The van der Waals surface area contributed by atoms with Crippen molar-refractivity contribution in [3.63, 3.8) is 0 Å². The van der Waals surface area contributed by atoms with E-state index in [1.807, 2.05) is 0 Å². The Morgan fingerprint density at radius 2 is 1.16 bits per heavy atom. The largest absolute Gasteiger partial charge is 0.368 e. The zero-order chi connectivity index (χ0) is 22.8. The normalized spacial score (nSPS) is 25.9. The Labute approximate surface area is 189 Å². The highest BCUT2D eigenvalue weighted by molar-refractivity contribution is 7.80. The summed E-state index contributed by atoms with van der Waals surface area (Å²) in [6, 6.07) is 17.0. The van der Waals surface area contributed by atoms with Crippen LogP contribution in [0.15, 0.2) is 60.7 Å². The van der Waals surface area contributed by atoms with Crippen LogP contribution in [-0.4, -0.2) is 64.2 Å². The highest BCUT2D eigenvalue weighted by Crippen LogP contribution is 2.34. The van der Waals surface area contributed by atoms with Crippen molar-refractivity contribution in [1.82, 2.24) is 9.80 Å². The van der Waals surface area contributed by atoms with Crippen molar-refractivity contribution in [1.29, 1.82) is 0 Å². The first-order chi connectivity index (χ1) is 15.4. The zero-order valence-corrected chi connectivity index (χ0v) is 18.0. The van der Waals surface area contributed by atoms with Crippen LogP contribution in [0.2, 0.25) is 0 Å². The molecule has 0 bridgehead atoms. The number of nitrogens with zero attached hydrogens (tertiary/aromatic N) is 4. The number of thiocarbonyl (C=S) groups is 1. The van der Waals surface area contributed by atoms with Crippen LogP contribution in [0.25, 0.3) is 0 Å². The molecule has 2 saturated heterocycles. The summed E-state index contributed by atoms with van der Waals surface area (Å²) in [6.07, 6.45) is 0. The summed E-state index contributed by atoms with van der Waals surface area (Å²) in [6.45, 7) is 0.678. The SMILES string of the molecule is O=[N+]([O-])C1(c2ccccc2)CN(C(=S)N2CCOC(c3ccccc3)([N+](=O)[O-])C2)CCO1. The van der Waals surface area contributed by atoms with Crippen LogP contribution >= 0.6 is 12.2 Å². The van der Waals surface area contributed by atoms with Crippen LogP contribution in [0.5, 0.6) is 0 Å². The van der Waals surface area contributed by atoms with Crippen molar-refractivity contribution >= 4 is 17.3 Å². The van der Waals surface area contributed by atoms with E-state index in [1.54, 1.807) is 70.5 Å². The molecule has 2 aliphatic heterocycles. The van der Waals surface area contributed by atoms with Gasteiger partial charge in [-0.1, -0.05) is 36.4 Å². The summed E-state index contributed by atoms with van der Waals surface area (Å²) >= 11 is 5.67. The van der Waals surface area contributed by atoms with Crippen LogP contribution in [0.1, 0.15) is 11.1 Å². The molecule has 2 heterocycles. The third-order valence-corrected chi connectivity index (χ3v) is 6.31. The second-order valence-corrected chi connectivity index (χ2v) is 8.00. The third-order valence-electron chi connectivity index (χ3n) is 5.80. The molecule has 4 rings (SSSR count). The van der Waals surface area contributed by atoms with Crippen LogP contribution in [0, 0.1) is 20.2 Å². The fourth-order valence-corrected chi connectivity index (χ4v) is 4.43. The van der Waals surface area contributed by atoms with E-state index in [0.29, 0.717) is 29.3 Å². The van der Waals surface area contributed by atoms with Gasteiger partial charge < -0.3 is 19.3 Å². The molecular weight excluding hydrogens is 436 g/mol. The summed E-state index contributed by atoms with van der Waals surface area (Å²) in [4.78, 5) is 26.7. The van der Waals surface area contributed by atoms with Gasteiger partial charge in [0.15, 0.2) is 5.11 Å². The minimum atomic E-state index is -1.77. The van der Waals surface area contributed by atoms with Crippen LogP contribution < -0.4 is 0 Å². The van der Waals surface area contributed by atoms with Crippen molar-refractivity contribution in [2.75, 3.05) is 39.4 Å². The lowest BCUT2D eigenvalue weighted by molar-refractivity contribution is -0.646. The molecule has 2 aliphatic rings. The molecule has 0 aromatic heterocycles. The van der Waals surface area contributed by atoms with Crippen LogP contribution in [0.4, 0.5) is 0 Å². The van der Waals surface area contributed by atoms with Gasteiger partial charge in [-0.05, 0) is 36.5 Å². The van der Waals surface area contributed by atoms with E-state index in [9.17, 15) is 20.2 Å². The topological polar surface area (TPSA) is 111 Å². The molecule has 10 nitrogen and oxygen atoms in total. The number of benzene rings is 2. The van der Waals surface area contributed by atoms with Crippen molar-refractivity contribution in [2.45, 2.75) is 11.4 Å². The number of rotatable bonds is 4. The molecular formula is C21H22N4O6S. The average Bonchev–Trinajstić information content (AvgIpc) is 2.84. The minimum absolute atomic E-state index is 0.0966. The van der Waals surface area contributed by atoms with Gasteiger partial charge in [0.25, 0.3) is 0 Å². The molecule has 0 saturated carbocycles. The molecule has 32 heavy (non-hydrogen) atoms. The van der Waals surface area contributed by atoms with Gasteiger partial charge in [0.05, 0.1) is 34.2 Å². The smallest absolute Gasteiger partial charge is 0.336 e. The van der Waals surface area contributed by atoms with Crippen molar-refractivity contribution in [2.24, 2.45) is 0 Å². The Balaban J connectivity index is 1.60. The van der Waals surface area contributed by atoms with Crippen LogP contribution in [0.3, 0.4) is 0 Å². The summed E-state index contributed by atoms with van der Waals surface area (Å²) < 4.78 is 11.4. The van der Waals surface area contributed by atoms with Gasteiger partial charge in [-0.15, -0.1) is 0 Å². The lowest BCUT2D eigenvalue weighted by atomic mass is 10.0. The Morgan fingerprint density at radius 1 is 0.781 bits per heavy atom. The van der Waals surface area contributed by atoms with Crippen molar-refractivity contribution in [3.8, 4) is 0 Å². The molecule has 0 amide bonds. The lowest BCUT2D eigenvalue weighted by Crippen LogP contribution is -2.62. The molecule has 0 spiro atoms. The van der Waals surface area contributed by atoms with Gasteiger partial charge >= 0.3 is 11.4 Å². The molecule has 2 aromatic carbocycles. The van der Waals surface area contributed by atoms with E-state index < -0.39 is 21.3 Å². The van der Waals surface area contributed by atoms with Crippen molar-refractivity contribution in [3.05, 3.63) is 92.0 Å². The standard InChI is InChI=1S/C21H22N4O6S/c26-24(27)20(17-7-3-1-4-8-17)15-22(11-13-30-20)19(32)23-12-14-31-21(16-23,25(28)29)18-9-5-2-6-10-18/h1-10H,11-16H2. The van der Waals surface area contributed by atoms with Crippen molar-refractivity contribution < 1.29 is 19.3 Å². The summed E-state index contributed by atoms with van der Waals surface area (Å²) in [5, 5.41) is 24.5. The number of hydrogen-bond donors (Lipinski definition) is 0. The summed E-state index contributed by atoms with van der Waals surface area (Å²) in [5.41, 5.74) is -2.70. The second kappa shape index (κ2) is 8.77. The predicted molar refractivity (Wildman–Crippen MR) is 118 cm³/mol. The Hall–Kier alpha value is -3.15. The molecule has 0 radical (unpaired) electrons. The van der Waals surface area contributed by atoms with E-state index in [2.05, 4.69) is 0 Å². The van der Waals surface area contributed by atoms with Gasteiger partial charge in [-0.25, -0.2) is 0 Å². The minimum Gasteiger partial charge on any atom is -0.336 e. The monoisotopic (exact) mass is 458 g/mol. The van der Waals surface area contributed by atoms with E-state index in [-0.39, 0.29) is 26.3 Å². The van der Waals surface area contributed by atoms with Gasteiger partial charge in [0.2, 0.25) is 0 Å². The molecule has 2 atom stereocenters. The maximum Gasteiger partial charge on any atom is 0.368 e. The second-order valence-electron chi connectivity index (χ2n) is 7.64. The predicted octanol–water partition coefficient (Wildman–Crippen LogP) is 2.20. The summed E-state index contributed by atoms with van der Waals surface area (Å²) in [7, 11) is 0. The average molecular weight is 458 g/mol. The van der Waals surface area contributed by atoms with Crippen LogP contribution in [-0.2, 0) is 20.9 Å². The first kappa shape index (κ1) is 22.1. The number of hydrogen-bond acceptors (Lipinski definition) is 7. The van der Waals surface area contributed by atoms with E-state index in [1.165, 1.54) is 0 Å². The first-order valence-corrected chi connectivity index (χ1v) is 10.5. The Morgan fingerprint density at radius 3 is 1.50 bits per heavy atom. The zero-order valence-electron chi connectivity index (χ0n) is 17.2. The molecule has 0 N–H and O–H groups in total. The highest BCUT2D eigenvalue weighted by Gasteiger charge is 2.54. The van der Waals surface area contributed by atoms with Gasteiger partial charge in [-0.2, -0.15) is 0 Å². The van der Waals surface area contributed by atoms with Gasteiger partial charge in [-0.3, -0.25) is 20.2 Å². The molecule has 2 unspecified atom stereocenters. The lowest BCUT2D eigenvalue weighted by Gasteiger charge is -2.43. The van der Waals surface area contributed by atoms with E-state index in [0.717, 1.165) is 0 Å². The third kappa shape index (κ3) is 3.78. The fourth-order valence-electron chi connectivity index (χ4n) is 4.12.